The largest absolute Gasteiger partial charge is 0.339 e. The molecule has 2 rings (SSSR count). The first-order valence-corrected chi connectivity index (χ1v) is 5.94. The number of amides is 1. The van der Waals surface area contributed by atoms with Gasteiger partial charge in [-0.1, -0.05) is 6.92 Å². The third-order valence-electron chi connectivity index (χ3n) is 3.60. The van der Waals surface area contributed by atoms with Crippen molar-refractivity contribution >= 4 is 5.91 Å². The Morgan fingerprint density at radius 2 is 2.12 bits per heavy atom. The smallest absolute Gasteiger partial charge is 0.257 e. The highest BCUT2D eigenvalue weighted by molar-refractivity contribution is 5.93. The lowest BCUT2D eigenvalue weighted by atomic mass is 9.86. The zero-order chi connectivity index (χ0) is 11.5. The van der Waals surface area contributed by atoms with Crippen molar-refractivity contribution in [2.45, 2.75) is 38.6 Å². The summed E-state index contributed by atoms with van der Waals surface area (Å²) in [7, 11) is 1.90. The summed E-state index contributed by atoms with van der Waals surface area (Å²) in [5.74, 6) is 0.891. The van der Waals surface area contributed by atoms with Crippen LogP contribution in [0.5, 0.6) is 0 Å². The van der Waals surface area contributed by atoms with Crippen LogP contribution in [0.1, 0.15) is 43.0 Å². The van der Waals surface area contributed by atoms with Gasteiger partial charge >= 0.3 is 0 Å². The van der Waals surface area contributed by atoms with Crippen molar-refractivity contribution in [3.63, 3.8) is 0 Å². The average molecular weight is 221 g/mol. The summed E-state index contributed by atoms with van der Waals surface area (Å²) in [6.45, 7) is 2.29. The minimum absolute atomic E-state index is 0.0771. The first-order valence-electron chi connectivity index (χ1n) is 5.94. The Bertz CT molecular complexity index is 339. The summed E-state index contributed by atoms with van der Waals surface area (Å²) < 4.78 is 0. The van der Waals surface area contributed by atoms with Crippen molar-refractivity contribution in [2.75, 3.05) is 7.05 Å². The number of carbonyl (C=O) groups excluding carboxylic acids is 1. The highest BCUT2D eigenvalue weighted by Gasteiger charge is 2.25. The topological polar surface area (TPSA) is 49.0 Å². The predicted octanol–water partition coefficient (Wildman–Crippen LogP) is 2.06. The number of carbonyl (C=O) groups is 1. The average Bonchev–Trinajstić information content (AvgIpc) is 2.81. The maximum Gasteiger partial charge on any atom is 0.257 e. The predicted molar refractivity (Wildman–Crippen MR) is 62.1 cm³/mol. The van der Waals surface area contributed by atoms with E-state index in [4.69, 9.17) is 0 Å². The van der Waals surface area contributed by atoms with Gasteiger partial charge in [0, 0.05) is 19.3 Å². The number of hydrogen-bond acceptors (Lipinski definition) is 2. The van der Waals surface area contributed by atoms with Gasteiger partial charge < -0.3 is 4.90 Å². The summed E-state index contributed by atoms with van der Waals surface area (Å²) in [6.07, 6.45) is 7.96. The van der Waals surface area contributed by atoms with Crippen LogP contribution in [0.2, 0.25) is 0 Å². The van der Waals surface area contributed by atoms with Crippen LogP contribution in [0.25, 0.3) is 0 Å². The van der Waals surface area contributed by atoms with Gasteiger partial charge in [0.1, 0.15) is 0 Å². The number of H-pyrrole nitrogens is 1. The maximum absolute atomic E-state index is 12.1. The molecule has 0 radical (unpaired) electrons. The summed E-state index contributed by atoms with van der Waals surface area (Å²) in [4.78, 5) is 13.9. The standard InChI is InChI=1S/C12H19N3O/c1-9-3-5-11(6-4-9)15(2)12(16)10-7-13-14-8-10/h7-9,11H,3-6H2,1-2H3,(H,13,14). The second-order valence-corrected chi connectivity index (χ2v) is 4.82. The van der Waals surface area contributed by atoms with E-state index in [0.717, 1.165) is 18.8 Å². The van der Waals surface area contributed by atoms with Crippen LogP contribution in [0.3, 0.4) is 0 Å². The van der Waals surface area contributed by atoms with Crippen LogP contribution < -0.4 is 0 Å². The fraction of sp³-hybridized carbons (Fsp3) is 0.667. The number of nitrogens with one attached hydrogen (secondary N) is 1. The second kappa shape index (κ2) is 4.68. The van der Waals surface area contributed by atoms with Gasteiger partial charge in [0.05, 0.1) is 11.8 Å². The molecule has 1 saturated carbocycles. The molecule has 1 aliphatic rings. The zero-order valence-electron chi connectivity index (χ0n) is 9.94. The molecule has 0 saturated heterocycles. The maximum atomic E-state index is 12.1. The monoisotopic (exact) mass is 221 g/mol. The minimum Gasteiger partial charge on any atom is -0.339 e. The highest BCUT2D eigenvalue weighted by Crippen LogP contribution is 2.27. The van der Waals surface area contributed by atoms with E-state index >= 15 is 0 Å². The number of aromatic nitrogens is 2. The van der Waals surface area contributed by atoms with Gasteiger partial charge in [-0.15, -0.1) is 0 Å². The van der Waals surface area contributed by atoms with Crippen LogP contribution in [-0.2, 0) is 0 Å². The van der Waals surface area contributed by atoms with Gasteiger partial charge in [-0.25, -0.2) is 0 Å². The van der Waals surface area contributed by atoms with Crippen LogP contribution in [0, 0.1) is 5.92 Å². The Morgan fingerprint density at radius 3 is 2.69 bits per heavy atom. The number of nitrogens with zero attached hydrogens (tertiary/aromatic N) is 2. The lowest BCUT2D eigenvalue weighted by Gasteiger charge is -2.33. The van der Waals surface area contributed by atoms with Crippen molar-refractivity contribution in [2.24, 2.45) is 5.92 Å². The van der Waals surface area contributed by atoms with Gasteiger partial charge in [-0.3, -0.25) is 9.89 Å². The number of aromatic amines is 1. The summed E-state index contributed by atoms with van der Waals surface area (Å²) in [5.41, 5.74) is 0.654. The Kier molecular flexibility index (Phi) is 3.27. The van der Waals surface area contributed by atoms with E-state index in [1.165, 1.54) is 12.8 Å². The third kappa shape index (κ3) is 2.26. The molecule has 1 amide bonds. The van der Waals surface area contributed by atoms with E-state index in [-0.39, 0.29) is 5.91 Å². The van der Waals surface area contributed by atoms with Gasteiger partial charge in [0.15, 0.2) is 0 Å². The van der Waals surface area contributed by atoms with Crippen molar-refractivity contribution < 1.29 is 4.79 Å². The molecule has 1 fully saturated rings. The lowest BCUT2D eigenvalue weighted by molar-refractivity contribution is 0.0679. The molecule has 1 aromatic rings. The van der Waals surface area contributed by atoms with Gasteiger partial charge in [-0.2, -0.15) is 5.10 Å². The quantitative estimate of drug-likeness (QED) is 0.831. The van der Waals surface area contributed by atoms with Crippen molar-refractivity contribution in [3.05, 3.63) is 18.0 Å². The molecule has 0 bridgehead atoms. The molecule has 16 heavy (non-hydrogen) atoms. The Labute approximate surface area is 96.0 Å². The number of hydrogen-bond donors (Lipinski definition) is 1. The van der Waals surface area contributed by atoms with Crippen molar-refractivity contribution in [3.8, 4) is 0 Å². The van der Waals surface area contributed by atoms with E-state index in [1.807, 2.05) is 11.9 Å². The minimum atomic E-state index is 0.0771. The molecule has 4 nitrogen and oxygen atoms in total. The van der Waals surface area contributed by atoms with E-state index in [1.54, 1.807) is 12.4 Å². The van der Waals surface area contributed by atoms with Gasteiger partial charge in [-0.05, 0) is 31.6 Å². The molecule has 1 heterocycles. The molecule has 0 unspecified atom stereocenters. The molecule has 0 aliphatic heterocycles. The molecule has 1 N–H and O–H groups in total. The molecule has 4 heteroatoms. The van der Waals surface area contributed by atoms with Crippen LogP contribution in [0.4, 0.5) is 0 Å². The molecule has 88 valence electrons. The summed E-state index contributed by atoms with van der Waals surface area (Å²) in [6, 6.07) is 0.401. The van der Waals surface area contributed by atoms with E-state index in [0.29, 0.717) is 11.6 Å². The van der Waals surface area contributed by atoms with Gasteiger partial charge in [0.25, 0.3) is 5.91 Å². The molecular formula is C12H19N3O. The second-order valence-electron chi connectivity index (χ2n) is 4.82. The zero-order valence-corrected chi connectivity index (χ0v) is 9.94. The normalized spacial score (nSPS) is 25.4. The van der Waals surface area contributed by atoms with Crippen LogP contribution >= 0.6 is 0 Å². The molecular weight excluding hydrogens is 202 g/mol. The van der Waals surface area contributed by atoms with E-state index in [9.17, 15) is 4.79 Å². The van der Waals surface area contributed by atoms with Crippen LogP contribution in [0.15, 0.2) is 12.4 Å². The first-order chi connectivity index (χ1) is 7.68. The lowest BCUT2D eigenvalue weighted by Crippen LogP contribution is -2.39. The molecule has 1 aromatic heterocycles. The number of rotatable bonds is 2. The molecule has 0 atom stereocenters. The van der Waals surface area contributed by atoms with E-state index in [2.05, 4.69) is 17.1 Å². The molecule has 0 spiro atoms. The van der Waals surface area contributed by atoms with Gasteiger partial charge in [0.2, 0.25) is 0 Å². The molecule has 1 aliphatic carbocycles. The molecule has 0 aromatic carbocycles. The Morgan fingerprint density at radius 1 is 1.44 bits per heavy atom. The van der Waals surface area contributed by atoms with Crippen molar-refractivity contribution in [1.29, 1.82) is 0 Å². The summed E-state index contributed by atoms with van der Waals surface area (Å²) >= 11 is 0. The first kappa shape index (κ1) is 11.2. The fourth-order valence-electron chi connectivity index (χ4n) is 2.37. The SMILES string of the molecule is CC1CCC(N(C)C(=O)c2cn[nH]c2)CC1. The van der Waals surface area contributed by atoms with Crippen molar-refractivity contribution in [1.82, 2.24) is 15.1 Å². The Balaban J connectivity index is 1.97. The Hall–Kier alpha value is -1.32. The van der Waals surface area contributed by atoms with E-state index < -0.39 is 0 Å². The van der Waals surface area contributed by atoms with Crippen LogP contribution in [-0.4, -0.2) is 34.1 Å². The summed E-state index contributed by atoms with van der Waals surface area (Å²) in [5, 5.41) is 6.49. The third-order valence-corrected chi connectivity index (χ3v) is 3.60. The highest BCUT2D eigenvalue weighted by atomic mass is 16.2. The fourth-order valence-corrected chi connectivity index (χ4v) is 2.37.